The van der Waals surface area contributed by atoms with Crippen molar-refractivity contribution in [2.45, 2.75) is 45.1 Å². The number of hydrogen-bond acceptors (Lipinski definition) is 6. The van der Waals surface area contributed by atoms with Gasteiger partial charge in [-0.1, -0.05) is 19.8 Å². The fourth-order valence-electron chi connectivity index (χ4n) is 3.06. The average Bonchev–Trinajstić information content (AvgIpc) is 3.08. The van der Waals surface area contributed by atoms with Crippen molar-refractivity contribution in [2.24, 2.45) is 10.7 Å². The van der Waals surface area contributed by atoms with Crippen LogP contribution in [-0.4, -0.2) is 52.8 Å². The van der Waals surface area contributed by atoms with Crippen molar-refractivity contribution < 1.29 is 4.79 Å². The van der Waals surface area contributed by atoms with Crippen LogP contribution in [0.25, 0.3) is 0 Å². The quantitative estimate of drug-likeness (QED) is 0.895. The Morgan fingerprint density at radius 3 is 3.04 bits per heavy atom. The summed E-state index contributed by atoms with van der Waals surface area (Å²) in [4.78, 5) is 25.9. The second-order valence-corrected chi connectivity index (χ2v) is 7.04. The molecule has 126 valence electrons. The number of rotatable bonds is 5. The number of nitrogens with zero attached hydrogens (tertiary/aromatic N) is 4. The molecule has 0 spiro atoms. The third-order valence-corrected chi connectivity index (χ3v) is 5.32. The van der Waals surface area contributed by atoms with Gasteiger partial charge in [-0.05, 0) is 19.3 Å². The van der Waals surface area contributed by atoms with Gasteiger partial charge in [0.05, 0.1) is 6.04 Å². The zero-order chi connectivity index (χ0) is 16.2. The standard InChI is InChI=1S/C16H25N5OS/c1-2-3-6-12(17)14-19-13(11-23-14)15(22)21-10-5-9-20-8-4-7-18-16(20)21/h11-12H,2-10,17H2,1H3. The van der Waals surface area contributed by atoms with Crippen LogP contribution >= 0.6 is 11.3 Å². The summed E-state index contributed by atoms with van der Waals surface area (Å²) in [6.07, 6.45) is 5.18. The average molecular weight is 335 g/mol. The number of amides is 1. The summed E-state index contributed by atoms with van der Waals surface area (Å²) in [6.45, 7) is 5.67. The van der Waals surface area contributed by atoms with E-state index in [-0.39, 0.29) is 11.9 Å². The molecule has 23 heavy (non-hydrogen) atoms. The summed E-state index contributed by atoms with van der Waals surface area (Å²) >= 11 is 1.49. The van der Waals surface area contributed by atoms with Crippen LogP contribution in [0.5, 0.6) is 0 Å². The van der Waals surface area contributed by atoms with E-state index in [0.717, 1.165) is 69.3 Å². The highest BCUT2D eigenvalue weighted by Gasteiger charge is 2.31. The molecular weight excluding hydrogens is 310 g/mol. The minimum absolute atomic E-state index is 0.0412. The molecule has 0 radical (unpaired) electrons. The Hall–Kier alpha value is -1.47. The van der Waals surface area contributed by atoms with Gasteiger partial charge in [0.1, 0.15) is 10.7 Å². The number of thiazole rings is 1. The van der Waals surface area contributed by atoms with Crippen LogP contribution in [0.2, 0.25) is 0 Å². The lowest BCUT2D eigenvalue weighted by Gasteiger charge is -2.39. The van der Waals surface area contributed by atoms with E-state index in [1.54, 1.807) is 4.90 Å². The Balaban J connectivity index is 1.72. The molecule has 2 aliphatic heterocycles. The number of unbranched alkanes of at least 4 members (excludes halogenated alkanes) is 1. The Labute approximate surface area is 141 Å². The minimum Gasteiger partial charge on any atom is -0.342 e. The molecule has 6 nitrogen and oxygen atoms in total. The maximum absolute atomic E-state index is 12.8. The van der Waals surface area contributed by atoms with Gasteiger partial charge in [-0.15, -0.1) is 11.3 Å². The molecule has 2 aliphatic rings. The van der Waals surface area contributed by atoms with Crippen molar-refractivity contribution >= 4 is 23.2 Å². The molecule has 1 saturated heterocycles. The lowest BCUT2D eigenvalue weighted by molar-refractivity contribution is 0.0795. The number of nitrogens with two attached hydrogens (primary N) is 1. The summed E-state index contributed by atoms with van der Waals surface area (Å²) in [5, 5.41) is 2.70. The van der Waals surface area contributed by atoms with Gasteiger partial charge >= 0.3 is 0 Å². The van der Waals surface area contributed by atoms with Gasteiger partial charge in [0.2, 0.25) is 5.96 Å². The maximum Gasteiger partial charge on any atom is 0.280 e. The molecule has 3 heterocycles. The predicted molar refractivity (Wildman–Crippen MR) is 92.7 cm³/mol. The Bertz CT molecular complexity index is 585. The minimum atomic E-state index is -0.0635. The first kappa shape index (κ1) is 16.4. The Morgan fingerprint density at radius 1 is 1.39 bits per heavy atom. The maximum atomic E-state index is 12.8. The lowest BCUT2D eigenvalue weighted by atomic mass is 10.1. The van der Waals surface area contributed by atoms with E-state index in [0.29, 0.717) is 5.69 Å². The van der Waals surface area contributed by atoms with Gasteiger partial charge in [0.15, 0.2) is 0 Å². The number of carbonyl (C=O) groups excluding carboxylic acids is 1. The van der Waals surface area contributed by atoms with Gasteiger partial charge in [-0.25, -0.2) is 4.98 Å². The number of aliphatic imine (C=N–C) groups is 1. The summed E-state index contributed by atoms with van der Waals surface area (Å²) in [5.74, 6) is 0.790. The molecule has 0 bridgehead atoms. The van der Waals surface area contributed by atoms with Crippen molar-refractivity contribution in [3.05, 3.63) is 16.1 Å². The van der Waals surface area contributed by atoms with Crippen molar-refractivity contribution in [1.29, 1.82) is 0 Å². The second kappa shape index (κ2) is 7.40. The topological polar surface area (TPSA) is 74.8 Å². The van der Waals surface area contributed by atoms with Crippen LogP contribution in [0.4, 0.5) is 0 Å². The molecule has 2 N–H and O–H groups in total. The van der Waals surface area contributed by atoms with Crippen molar-refractivity contribution in [2.75, 3.05) is 26.2 Å². The lowest BCUT2D eigenvalue weighted by Crippen LogP contribution is -2.54. The van der Waals surface area contributed by atoms with Crippen molar-refractivity contribution in [1.82, 2.24) is 14.8 Å². The van der Waals surface area contributed by atoms with E-state index in [2.05, 4.69) is 21.8 Å². The second-order valence-electron chi connectivity index (χ2n) is 6.15. The van der Waals surface area contributed by atoms with Crippen molar-refractivity contribution in [3.8, 4) is 0 Å². The normalized spacial score (nSPS) is 19.3. The summed E-state index contributed by atoms with van der Waals surface area (Å²) < 4.78 is 0. The van der Waals surface area contributed by atoms with Crippen LogP contribution in [0.15, 0.2) is 10.4 Å². The number of guanidine groups is 1. The van der Waals surface area contributed by atoms with Gasteiger partial charge in [-0.3, -0.25) is 14.7 Å². The molecule has 1 aromatic heterocycles. The molecule has 7 heteroatoms. The molecule has 1 amide bonds. The van der Waals surface area contributed by atoms with Crippen LogP contribution in [0.1, 0.15) is 60.6 Å². The van der Waals surface area contributed by atoms with Crippen LogP contribution in [0, 0.1) is 0 Å². The van der Waals surface area contributed by atoms with Gasteiger partial charge in [0.25, 0.3) is 5.91 Å². The largest absolute Gasteiger partial charge is 0.342 e. The first-order valence-corrected chi connectivity index (χ1v) is 9.41. The third-order valence-electron chi connectivity index (χ3n) is 4.35. The zero-order valence-corrected chi connectivity index (χ0v) is 14.5. The third kappa shape index (κ3) is 3.55. The van der Waals surface area contributed by atoms with E-state index in [1.165, 1.54) is 11.3 Å². The highest BCUT2D eigenvalue weighted by atomic mass is 32.1. The first-order valence-electron chi connectivity index (χ1n) is 8.53. The fraction of sp³-hybridized carbons (Fsp3) is 0.688. The number of hydrogen-bond donors (Lipinski definition) is 1. The molecule has 1 aromatic rings. The SMILES string of the molecule is CCCCC(N)c1nc(C(=O)N2CCCN3CCCN=C32)cs1. The van der Waals surface area contributed by atoms with Gasteiger partial charge in [-0.2, -0.15) is 0 Å². The Morgan fingerprint density at radius 2 is 2.22 bits per heavy atom. The molecule has 1 fully saturated rings. The van der Waals surface area contributed by atoms with Crippen LogP contribution < -0.4 is 5.73 Å². The molecule has 1 unspecified atom stereocenters. The number of carbonyl (C=O) groups is 1. The summed E-state index contributed by atoms with van der Waals surface area (Å²) in [6, 6.07) is -0.0635. The van der Waals surface area contributed by atoms with Crippen molar-refractivity contribution in [3.63, 3.8) is 0 Å². The van der Waals surface area contributed by atoms with Crippen LogP contribution in [-0.2, 0) is 0 Å². The molecule has 1 atom stereocenters. The summed E-state index contributed by atoms with van der Waals surface area (Å²) in [5.41, 5.74) is 6.68. The number of aromatic nitrogens is 1. The first-order chi connectivity index (χ1) is 11.2. The van der Waals surface area contributed by atoms with E-state index in [4.69, 9.17) is 5.73 Å². The highest BCUT2D eigenvalue weighted by molar-refractivity contribution is 7.09. The van der Waals surface area contributed by atoms with E-state index >= 15 is 0 Å². The van der Waals surface area contributed by atoms with Gasteiger partial charge < -0.3 is 10.6 Å². The Kier molecular flexibility index (Phi) is 5.27. The fourth-order valence-corrected chi connectivity index (χ4v) is 3.89. The smallest absolute Gasteiger partial charge is 0.280 e. The predicted octanol–water partition coefficient (Wildman–Crippen LogP) is 2.24. The van der Waals surface area contributed by atoms with E-state index in [9.17, 15) is 4.79 Å². The number of fused-ring (bicyclic) bond motifs is 1. The summed E-state index contributed by atoms with van der Waals surface area (Å²) in [7, 11) is 0. The van der Waals surface area contributed by atoms with Crippen LogP contribution in [0.3, 0.4) is 0 Å². The molecule has 0 aliphatic carbocycles. The van der Waals surface area contributed by atoms with Gasteiger partial charge in [0, 0.05) is 31.6 Å². The molecule has 3 rings (SSSR count). The van der Waals surface area contributed by atoms with E-state index < -0.39 is 0 Å². The molecular formula is C16H25N5OS. The zero-order valence-electron chi connectivity index (χ0n) is 13.7. The monoisotopic (exact) mass is 335 g/mol. The highest BCUT2D eigenvalue weighted by Crippen LogP contribution is 2.23. The molecule has 0 saturated carbocycles. The molecule has 0 aromatic carbocycles. The van der Waals surface area contributed by atoms with E-state index in [1.807, 2.05) is 5.38 Å².